The maximum Gasteiger partial charge on any atom is 0.0963 e. The van der Waals surface area contributed by atoms with E-state index in [-0.39, 0.29) is 0 Å². The highest BCUT2D eigenvalue weighted by atomic mass is 32.2. The van der Waals surface area contributed by atoms with Crippen molar-refractivity contribution in [3.05, 3.63) is 23.9 Å². The van der Waals surface area contributed by atoms with Gasteiger partial charge < -0.3 is 5.11 Å². The van der Waals surface area contributed by atoms with Crippen molar-refractivity contribution in [3.8, 4) is 0 Å². The van der Waals surface area contributed by atoms with E-state index in [0.29, 0.717) is 0 Å². The Labute approximate surface area is 83.4 Å². The van der Waals surface area contributed by atoms with Crippen molar-refractivity contribution in [2.75, 3.05) is 5.75 Å². The average Bonchev–Trinajstić information content (AvgIpc) is 2.15. The Hall–Kier alpha value is -0.540. The lowest BCUT2D eigenvalue weighted by Gasteiger charge is -2.05. The van der Waals surface area contributed by atoms with Crippen LogP contribution in [0.3, 0.4) is 0 Å². The van der Waals surface area contributed by atoms with Crippen molar-refractivity contribution in [2.24, 2.45) is 0 Å². The molecule has 0 amide bonds. The fourth-order valence-electron chi connectivity index (χ4n) is 0.970. The molecule has 0 aromatic carbocycles. The Morgan fingerprint density at radius 2 is 2.38 bits per heavy atom. The Morgan fingerprint density at radius 3 is 3.00 bits per heavy atom. The molecular formula is C10H15NOS. The van der Waals surface area contributed by atoms with Crippen LogP contribution in [0.25, 0.3) is 0 Å². The number of nitrogens with zero attached hydrogens (tertiary/aromatic N) is 1. The van der Waals surface area contributed by atoms with Crippen molar-refractivity contribution in [1.29, 1.82) is 0 Å². The molecule has 1 rings (SSSR count). The minimum absolute atomic E-state index is 0.399. The normalized spacial score (nSPS) is 12.8. The van der Waals surface area contributed by atoms with Gasteiger partial charge in [-0.3, -0.25) is 0 Å². The van der Waals surface area contributed by atoms with E-state index in [2.05, 4.69) is 11.9 Å². The van der Waals surface area contributed by atoms with Gasteiger partial charge in [0.25, 0.3) is 0 Å². The van der Waals surface area contributed by atoms with Crippen LogP contribution in [0.5, 0.6) is 0 Å². The maximum absolute atomic E-state index is 9.34. The summed E-state index contributed by atoms with van der Waals surface area (Å²) in [6, 6.07) is 3.80. The summed E-state index contributed by atoms with van der Waals surface area (Å²) in [7, 11) is 0. The van der Waals surface area contributed by atoms with E-state index in [9.17, 15) is 5.11 Å². The third-order valence-corrected chi connectivity index (χ3v) is 2.83. The van der Waals surface area contributed by atoms with E-state index in [1.165, 1.54) is 0 Å². The first-order valence-electron chi connectivity index (χ1n) is 4.51. The predicted molar refractivity (Wildman–Crippen MR) is 55.9 cm³/mol. The molecule has 2 nitrogen and oxygen atoms in total. The summed E-state index contributed by atoms with van der Waals surface area (Å²) in [6.07, 6.45) is 2.50. The Morgan fingerprint density at radius 1 is 1.62 bits per heavy atom. The molecule has 0 saturated carbocycles. The molecule has 1 N–H and O–H groups in total. The lowest BCUT2D eigenvalue weighted by molar-refractivity contribution is 0.199. The molecule has 0 radical (unpaired) electrons. The highest BCUT2D eigenvalue weighted by Crippen LogP contribution is 2.20. The van der Waals surface area contributed by atoms with E-state index in [1.807, 2.05) is 12.1 Å². The molecule has 0 saturated heterocycles. The number of aliphatic hydroxyl groups is 1. The van der Waals surface area contributed by atoms with E-state index in [0.717, 1.165) is 22.8 Å². The van der Waals surface area contributed by atoms with Crippen LogP contribution in [-0.4, -0.2) is 15.8 Å². The van der Waals surface area contributed by atoms with Gasteiger partial charge in [0.1, 0.15) is 0 Å². The number of thioether (sulfide) groups is 1. The third-order valence-electron chi connectivity index (χ3n) is 1.70. The Balaban J connectivity index is 2.68. The summed E-state index contributed by atoms with van der Waals surface area (Å²) >= 11 is 1.73. The first-order chi connectivity index (χ1) is 6.24. The van der Waals surface area contributed by atoms with E-state index >= 15 is 0 Å². The lowest BCUT2D eigenvalue weighted by atomic mass is 10.2. The monoisotopic (exact) mass is 197 g/mol. The smallest absolute Gasteiger partial charge is 0.0963 e. The molecule has 0 aliphatic heterocycles. The molecule has 0 bridgehead atoms. The second kappa shape index (κ2) is 5.25. The SMILES string of the molecule is CCCSc1cc([C@@H](C)O)ccn1. The Kier molecular flexibility index (Phi) is 4.25. The summed E-state index contributed by atoms with van der Waals surface area (Å²) in [5.41, 5.74) is 0.939. The number of hydrogen-bond acceptors (Lipinski definition) is 3. The van der Waals surface area contributed by atoms with Gasteiger partial charge >= 0.3 is 0 Å². The molecule has 0 unspecified atom stereocenters. The van der Waals surface area contributed by atoms with Crippen LogP contribution in [0, 0.1) is 0 Å². The van der Waals surface area contributed by atoms with Crippen LogP contribution >= 0.6 is 11.8 Å². The molecule has 0 aliphatic rings. The van der Waals surface area contributed by atoms with Crippen LogP contribution in [0.15, 0.2) is 23.4 Å². The largest absolute Gasteiger partial charge is 0.389 e. The standard InChI is InChI=1S/C10H15NOS/c1-3-6-13-10-7-9(8(2)12)4-5-11-10/h4-5,7-8,12H,3,6H2,1-2H3/t8-/m1/s1. The molecule has 1 atom stereocenters. The zero-order valence-corrected chi connectivity index (χ0v) is 8.84. The summed E-state index contributed by atoms with van der Waals surface area (Å²) in [5.74, 6) is 1.08. The fraction of sp³-hybridized carbons (Fsp3) is 0.500. The molecule has 1 heterocycles. The highest BCUT2D eigenvalue weighted by Gasteiger charge is 2.02. The van der Waals surface area contributed by atoms with Crippen LogP contribution in [0.1, 0.15) is 31.9 Å². The topological polar surface area (TPSA) is 33.1 Å². The summed E-state index contributed by atoms with van der Waals surface area (Å²) in [4.78, 5) is 4.21. The maximum atomic E-state index is 9.34. The lowest BCUT2D eigenvalue weighted by Crippen LogP contribution is -1.92. The number of pyridine rings is 1. The van der Waals surface area contributed by atoms with Gasteiger partial charge in [-0.05, 0) is 36.8 Å². The summed E-state index contributed by atoms with van der Waals surface area (Å²) in [6.45, 7) is 3.91. The molecule has 1 aromatic heterocycles. The molecule has 13 heavy (non-hydrogen) atoms. The minimum Gasteiger partial charge on any atom is -0.389 e. The van der Waals surface area contributed by atoms with Crippen molar-refractivity contribution in [3.63, 3.8) is 0 Å². The van der Waals surface area contributed by atoms with Crippen LogP contribution in [-0.2, 0) is 0 Å². The van der Waals surface area contributed by atoms with Gasteiger partial charge in [-0.1, -0.05) is 6.92 Å². The van der Waals surface area contributed by atoms with Gasteiger partial charge in [-0.2, -0.15) is 0 Å². The van der Waals surface area contributed by atoms with Crippen molar-refractivity contribution < 1.29 is 5.11 Å². The fourth-order valence-corrected chi connectivity index (χ4v) is 1.74. The third kappa shape index (κ3) is 3.36. The second-order valence-electron chi connectivity index (χ2n) is 2.95. The highest BCUT2D eigenvalue weighted by molar-refractivity contribution is 7.99. The minimum atomic E-state index is -0.399. The van der Waals surface area contributed by atoms with Gasteiger partial charge in [-0.15, -0.1) is 11.8 Å². The zero-order chi connectivity index (χ0) is 9.68. The predicted octanol–water partition coefficient (Wildman–Crippen LogP) is 2.64. The quantitative estimate of drug-likeness (QED) is 0.753. The molecule has 1 aromatic rings. The number of aliphatic hydroxyl groups excluding tert-OH is 1. The van der Waals surface area contributed by atoms with E-state index in [4.69, 9.17) is 0 Å². The zero-order valence-electron chi connectivity index (χ0n) is 8.03. The van der Waals surface area contributed by atoms with Crippen LogP contribution in [0.4, 0.5) is 0 Å². The van der Waals surface area contributed by atoms with Crippen molar-refractivity contribution in [2.45, 2.75) is 31.4 Å². The molecule has 72 valence electrons. The average molecular weight is 197 g/mol. The van der Waals surface area contributed by atoms with Gasteiger partial charge in [-0.25, -0.2) is 4.98 Å². The molecule has 0 fully saturated rings. The van der Waals surface area contributed by atoms with Gasteiger partial charge in [0.05, 0.1) is 11.1 Å². The first-order valence-corrected chi connectivity index (χ1v) is 5.49. The van der Waals surface area contributed by atoms with Crippen molar-refractivity contribution >= 4 is 11.8 Å². The molecule has 0 aliphatic carbocycles. The molecule has 3 heteroatoms. The molecular weight excluding hydrogens is 182 g/mol. The first kappa shape index (κ1) is 10.5. The Bertz CT molecular complexity index is 263. The molecule has 0 spiro atoms. The van der Waals surface area contributed by atoms with Gasteiger partial charge in [0.15, 0.2) is 0 Å². The second-order valence-corrected chi connectivity index (χ2v) is 4.07. The summed E-state index contributed by atoms with van der Waals surface area (Å²) in [5, 5.41) is 10.3. The van der Waals surface area contributed by atoms with E-state index < -0.39 is 6.10 Å². The number of rotatable bonds is 4. The van der Waals surface area contributed by atoms with Gasteiger partial charge in [0.2, 0.25) is 0 Å². The summed E-state index contributed by atoms with van der Waals surface area (Å²) < 4.78 is 0. The van der Waals surface area contributed by atoms with Crippen molar-refractivity contribution in [1.82, 2.24) is 4.98 Å². The number of hydrogen-bond donors (Lipinski definition) is 1. The van der Waals surface area contributed by atoms with Gasteiger partial charge in [0, 0.05) is 6.20 Å². The number of aromatic nitrogens is 1. The van der Waals surface area contributed by atoms with E-state index in [1.54, 1.807) is 24.9 Å². The van der Waals surface area contributed by atoms with Crippen LogP contribution < -0.4 is 0 Å². The van der Waals surface area contributed by atoms with Crippen LogP contribution in [0.2, 0.25) is 0 Å².